The number of aryl methyl sites for hydroxylation is 3. The zero-order chi connectivity index (χ0) is 20.7. The smallest absolute Gasteiger partial charge is 0.265 e. The van der Waals surface area contributed by atoms with Gasteiger partial charge in [0.2, 0.25) is 5.71 Å². The Morgan fingerprint density at radius 3 is 2.86 bits per heavy atom. The van der Waals surface area contributed by atoms with Gasteiger partial charge in [0.05, 0.1) is 5.56 Å². The van der Waals surface area contributed by atoms with Gasteiger partial charge in [-0.2, -0.15) is 0 Å². The first-order chi connectivity index (χ1) is 13.8. The topological polar surface area (TPSA) is 90.0 Å². The van der Waals surface area contributed by atoms with Crippen molar-refractivity contribution in [2.45, 2.75) is 20.3 Å². The van der Waals surface area contributed by atoms with Gasteiger partial charge < -0.3 is 8.98 Å². The van der Waals surface area contributed by atoms with Gasteiger partial charge in [-0.05, 0) is 31.0 Å². The molecule has 1 aromatic carbocycles. The Morgan fingerprint density at radius 1 is 1.31 bits per heavy atom. The summed E-state index contributed by atoms with van der Waals surface area (Å²) in [7, 11) is 1.56. The van der Waals surface area contributed by atoms with E-state index in [0.717, 1.165) is 10.4 Å². The number of hydrogen-bond acceptors (Lipinski definition) is 6. The third-order valence-electron chi connectivity index (χ3n) is 4.56. The van der Waals surface area contributed by atoms with E-state index in [1.807, 2.05) is 6.07 Å². The van der Waals surface area contributed by atoms with Crippen LogP contribution >= 0.6 is 11.3 Å². The molecule has 9 heteroatoms. The van der Waals surface area contributed by atoms with E-state index in [9.17, 15) is 14.0 Å². The van der Waals surface area contributed by atoms with E-state index in [2.05, 4.69) is 15.3 Å². The molecule has 148 valence electrons. The molecular weight excluding hydrogens is 395 g/mol. The molecule has 0 fully saturated rings. The second-order valence-electron chi connectivity index (χ2n) is 6.72. The van der Waals surface area contributed by atoms with Crippen LogP contribution in [0, 0.1) is 19.7 Å². The molecule has 1 N–H and O–H groups in total. The van der Waals surface area contributed by atoms with Crippen molar-refractivity contribution >= 4 is 33.5 Å². The Kier molecular flexibility index (Phi) is 4.75. The summed E-state index contributed by atoms with van der Waals surface area (Å²) in [5.41, 5.74) is 1.32. The van der Waals surface area contributed by atoms with Gasteiger partial charge in [0, 0.05) is 24.5 Å². The summed E-state index contributed by atoms with van der Waals surface area (Å²) in [5, 5.41) is 3.23. The van der Waals surface area contributed by atoms with Gasteiger partial charge in [-0.25, -0.2) is 14.4 Å². The molecule has 29 heavy (non-hydrogen) atoms. The third kappa shape index (κ3) is 3.56. The number of carbonyl (C=O) groups excluding carboxylic acids is 1. The van der Waals surface area contributed by atoms with E-state index in [4.69, 9.17) is 4.42 Å². The van der Waals surface area contributed by atoms with Crippen LogP contribution in [0.1, 0.15) is 32.1 Å². The lowest BCUT2D eigenvalue weighted by Gasteiger charge is -2.02. The van der Waals surface area contributed by atoms with Crippen molar-refractivity contribution in [2.24, 2.45) is 7.05 Å². The van der Waals surface area contributed by atoms with Gasteiger partial charge in [-0.1, -0.05) is 12.1 Å². The van der Waals surface area contributed by atoms with E-state index in [-0.39, 0.29) is 28.0 Å². The second kappa shape index (κ2) is 7.25. The molecule has 3 aromatic heterocycles. The van der Waals surface area contributed by atoms with E-state index >= 15 is 0 Å². The van der Waals surface area contributed by atoms with Crippen molar-refractivity contribution in [1.82, 2.24) is 14.5 Å². The van der Waals surface area contributed by atoms with Crippen molar-refractivity contribution in [3.05, 3.63) is 74.2 Å². The van der Waals surface area contributed by atoms with Crippen LogP contribution in [-0.4, -0.2) is 20.4 Å². The largest absolute Gasteiger partial charge is 0.442 e. The number of anilines is 1. The fraction of sp³-hybridized carbons (Fsp3) is 0.200. The van der Waals surface area contributed by atoms with Crippen LogP contribution in [0.2, 0.25) is 0 Å². The average molecular weight is 412 g/mol. The lowest BCUT2D eigenvalue weighted by molar-refractivity contribution is 0.102. The van der Waals surface area contributed by atoms with Crippen molar-refractivity contribution in [1.29, 1.82) is 0 Å². The molecule has 0 saturated heterocycles. The second-order valence-corrected chi connectivity index (χ2v) is 7.84. The molecule has 0 unspecified atom stereocenters. The number of hydrogen-bond donors (Lipinski definition) is 1. The summed E-state index contributed by atoms with van der Waals surface area (Å²) < 4.78 is 20.5. The molecule has 0 aliphatic rings. The molecule has 0 spiro atoms. The first-order valence-corrected chi connectivity index (χ1v) is 9.61. The number of furan rings is 1. The minimum absolute atomic E-state index is 0.122. The number of thiazole rings is 1. The summed E-state index contributed by atoms with van der Waals surface area (Å²) in [5.74, 6) is -0.438. The normalized spacial score (nSPS) is 11.2. The van der Waals surface area contributed by atoms with Gasteiger partial charge in [-0.15, -0.1) is 11.3 Å². The van der Waals surface area contributed by atoms with Crippen LogP contribution in [-0.2, 0) is 13.5 Å². The number of halogens is 1. The quantitative estimate of drug-likeness (QED) is 0.553. The highest BCUT2D eigenvalue weighted by atomic mass is 32.1. The molecular formula is C20H17FN4O3S. The van der Waals surface area contributed by atoms with Crippen molar-refractivity contribution < 1.29 is 13.6 Å². The summed E-state index contributed by atoms with van der Waals surface area (Å²) in [4.78, 5) is 34.3. The number of aromatic nitrogens is 3. The lowest BCUT2D eigenvalue weighted by atomic mass is 10.1. The highest BCUT2D eigenvalue weighted by molar-refractivity contribution is 7.15. The fourth-order valence-corrected chi connectivity index (χ4v) is 3.86. The van der Waals surface area contributed by atoms with Gasteiger partial charge >= 0.3 is 0 Å². The maximum atomic E-state index is 13.7. The Labute approximate surface area is 168 Å². The average Bonchev–Trinajstić information content (AvgIpc) is 3.25. The van der Waals surface area contributed by atoms with Crippen LogP contribution in [0.3, 0.4) is 0 Å². The van der Waals surface area contributed by atoms with E-state index in [0.29, 0.717) is 22.9 Å². The van der Waals surface area contributed by atoms with Crippen LogP contribution in [0.25, 0.3) is 11.1 Å². The molecule has 1 amide bonds. The van der Waals surface area contributed by atoms with Crippen LogP contribution in [0.4, 0.5) is 9.52 Å². The van der Waals surface area contributed by atoms with Crippen LogP contribution in [0.5, 0.6) is 0 Å². The monoisotopic (exact) mass is 412 g/mol. The maximum Gasteiger partial charge on any atom is 0.265 e. The molecule has 0 atom stereocenters. The number of rotatable bonds is 4. The SMILES string of the molecule is Cc1ccc(Cc2cnc(NC(=O)c3c(C)oc4ncn(C)c(=O)c34)s2)cc1F. The number of carbonyl (C=O) groups is 1. The van der Waals surface area contributed by atoms with Gasteiger partial charge in [0.1, 0.15) is 23.3 Å². The fourth-order valence-electron chi connectivity index (χ4n) is 3.01. The van der Waals surface area contributed by atoms with Crippen LogP contribution in [0.15, 0.2) is 39.9 Å². The molecule has 0 saturated carbocycles. The highest BCUT2D eigenvalue weighted by Gasteiger charge is 2.23. The summed E-state index contributed by atoms with van der Waals surface area (Å²) >= 11 is 1.29. The van der Waals surface area contributed by atoms with Gasteiger partial charge in [0.15, 0.2) is 5.13 Å². The Balaban J connectivity index is 1.58. The first kappa shape index (κ1) is 19.0. The molecule has 0 aliphatic carbocycles. The predicted octanol–water partition coefficient (Wildman–Crippen LogP) is 3.58. The van der Waals surface area contributed by atoms with E-state index in [1.54, 1.807) is 33.2 Å². The molecule has 7 nitrogen and oxygen atoms in total. The van der Waals surface area contributed by atoms with E-state index in [1.165, 1.54) is 28.3 Å². The standard InChI is InChI=1S/C20H17FN4O3S/c1-10-4-5-12(7-14(10)21)6-13-8-22-20(29-13)24-17(26)15-11(2)28-18-16(15)19(27)25(3)9-23-18/h4-5,7-9H,6H2,1-3H3,(H,22,24,26). The Bertz CT molecular complexity index is 1310. The highest BCUT2D eigenvalue weighted by Crippen LogP contribution is 2.25. The predicted molar refractivity (Wildman–Crippen MR) is 108 cm³/mol. The molecule has 0 bridgehead atoms. The first-order valence-electron chi connectivity index (χ1n) is 8.79. The Morgan fingerprint density at radius 2 is 2.10 bits per heavy atom. The molecule has 4 rings (SSSR count). The van der Waals surface area contributed by atoms with Crippen molar-refractivity contribution in [2.75, 3.05) is 5.32 Å². The summed E-state index contributed by atoms with van der Waals surface area (Å²) in [6.45, 7) is 3.32. The van der Waals surface area contributed by atoms with Crippen molar-refractivity contribution in [3.63, 3.8) is 0 Å². The molecule has 3 heterocycles. The van der Waals surface area contributed by atoms with Crippen LogP contribution < -0.4 is 10.9 Å². The third-order valence-corrected chi connectivity index (χ3v) is 5.48. The van der Waals surface area contributed by atoms with Gasteiger partial charge in [0.25, 0.3) is 11.5 Å². The maximum absolute atomic E-state index is 13.7. The minimum atomic E-state index is -0.492. The number of nitrogens with one attached hydrogen (secondary N) is 1. The lowest BCUT2D eigenvalue weighted by Crippen LogP contribution is -2.20. The Hall–Kier alpha value is -3.33. The number of amides is 1. The molecule has 0 aliphatic heterocycles. The summed E-state index contributed by atoms with van der Waals surface area (Å²) in [6.07, 6.45) is 3.48. The molecule has 4 aromatic rings. The number of benzene rings is 1. The van der Waals surface area contributed by atoms with Crippen molar-refractivity contribution in [3.8, 4) is 0 Å². The van der Waals surface area contributed by atoms with E-state index < -0.39 is 5.91 Å². The zero-order valence-electron chi connectivity index (χ0n) is 15.9. The number of nitrogens with zero attached hydrogens (tertiary/aromatic N) is 3. The molecule has 0 radical (unpaired) electrons. The minimum Gasteiger partial charge on any atom is -0.442 e. The zero-order valence-corrected chi connectivity index (χ0v) is 16.8. The number of fused-ring (bicyclic) bond motifs is 1. The van der Waals surface area contributed by atoms with Gasteiger partial charge in [-0.3, -0.25) is 14.9 Å². The summed E-state index contributed by atoms with van der Waals surface area (Å²) in [6, 6.07) is 5.09.